The lowest BCUT2D eigenvalue weighted by Crippen LogP contribution is -2.43. The van der Waals surface area contributed by atoms with Crippen LogP contribution in [0.25, 0.3) is 11.1 Å². The standard InChI is InChI=1S/C17H22N4O3/c1-4-7-21-10-18-16-14(17(21)23)13(11(2)24-16)15(22)19-12-5-8-20(3)9-6-12/h4,10,12H,1,5-9H2,2-3H3,(H,19,22). The van der Waals surface area contributed by atoms with Crippen LogP contribution in [0.1, 0.15) is 29.0 Å². The monoisotopic (exact) mass is 330 g/mol. The van der Waals surface area contributed by atoms with E-state index in [0.29, 0.717) is 17.9 Å². The average Bonchev–Trinajstić information content (AvgIpc) is 2.89. The Labute approximate surface area is 140 Å². The number of piperidine rings is 1. The van der Waals surface area contributed by atoms with Crippen LogP contribution in [0.2, 0.25) is 0 Å². The van der Waals surface area contributed by atoms with E-state index in [1.165, 1.54) is 10.9 Å². The summed E-state index contributed by atoms with van der Waals surface area (Å²) in [6, 6.07) is 0.116. The molecule has 3 heterocycles. The molecule has 2 aromatic rings. The number of hydrogen-bond donors (Lipinski definition) is 1. The summed E-state index contributed by atoms with van der Waals surface area (Å²) in [5.41, 5.74) is 0.205. The summed E-state index contributed by atoms with van der Waals surface area (Å²) in [4.78, 5) is 31.7. The molecular formula is C17H22N4O3. The van der Waals surface area contributed by atoms with Gasteiger partial charge in [-0.2, -0.15) is 0 Å². The minimum absolute atomic E-state index is 0.116. The van der Waals surface area contributed by atoms with Crippen LogP contribution >= 0.6 is 0 Å². The maximum Gasteiger partial charge on any atom is 0.265 e. The molecule has 0 aromatic carbocycles. The lowest BCUT2D eigenvalue weighted by Gasteiger charge is -2.29. The second-order valence-corrected chi connectivity index (χ2v) is 6.26. The third kappa shape index (κ3) is 2.99. The first-order chi connectivity index (χ1) is 11.5. The number of rotatable bonds is 4. The number of aryl methyl sites for hydroxylation is 1. The lowest BCUT2D eigenvalue weighted by atomic mass is 10.0. The number of likely N-dealkylation sites (tertiary alicyclic amines) is 1. The molecule has 1 fully saturated rings. The van der Waals surface area contributed by atoms with Crippen LogP contribution in [0.3, 0.4) is 0 Å². The first-order valence-electron chi connectivity index (χ1n) is 8.10. The molecule has 2 aromatic heterocycles. The van der Waals surface area contributed by atoms with Crippen molar-refractivity contribution in [2.45, 2.75) is 32.4 Å². The maximum absolute atomic E-state index is 12.7. The number of nitrogens with zero attached hydrogens (tertiary/aromatic N) is 3. The highest BCUT2D eigenvalue weighted by Gasteiger charge is 2.25. The molecule has 0 saturated carbocycles. The van der Waals surface area contributed by atoms with Crippen molar-refractivity contribution in [3.8, 4) is 0 Å². The minimum Gasteiger partial charge on any atom is -0.442 e. The molecule has 1 saturated heterocycles. The summed E-state index contributed by atoms with van der Waals surface area (Å²) < 4.78 is 6.93. The molecule has 7 nitrogen and oxygen atoms in total. The van der Waals surface area contributed by atoms with Crippen LogP contribution < -0.4 is 10.9 Å². The van der Waals surface area contributed by atoms with Crippen molar-refractivity contribution in [1.29, 1.82) is 0 Å². The van der Waals surface area contributed by atoms with Crippen molar-refractivity contribution in [2.24, 2.45) is 0 Å². The Balaban J connectivity index is 1.94. The highest BCUT2D eigenvalue weighted by Crippen LogP contribution is 2.21. The van der Waals surface area contributed by atoms with Gasteiger partial charge in [0.1, 0.15) is 17.5 Å². The fourth-order valence-corrected chi connectivity index (χ4v) is 3.09. The van der Waals surface area contributed by atoms with E-state index < -0.39 is 0 Å². The van der Waals surface area contributed by atoms with E-state index in [1.807, 2.05) is 0 Å². The number of carbonyl (C=O) groups is 1. The zero-order valence-electron chi connectivity index (χ0n) is 14.0. The van der Waals surface area contributed by atoms with Gasteiger partial charge in [-0.1, -0.05) is 6.08 Å². The van der Waals surface area contributed by atoms with E-state index in [9.17, 15) is 9.59 Å². The van der Waals surface area contributed by atoms with Crippen LogP contribution in [0.5, 0.6) is 0 Å². The van der Waals surface area contributed by atoms with E-state index in [4.69, 9.17) is 4.42 Å². The molecule has 0 bridgehead atoms. The fourth-order valence-electron chi connectivity index (χ4n) is 3.09. The molecule has 1 aliphatic rings. The van der Waals surface area contributed by atoms with E-state index >= 15 is 0 Å². The van der Waals surface area contributed by atoms with Gasteiger partial charge in [-0.3, -0.25) is 14.2 Å². The van der Waals surface area contributed by atoms with Gasteiger partial charge in [-0.25, -0.2) is 4.98 Å². The Bertz CT molecular complexity index is 828. The zero-order valence-corrected chi connectivity index (χ0v) is 14.0. The van der Waals surface area contributed by atoms with Gasteiger partial charge >= 0.3 is 0 Å². The molecule has 1 N–H and O–H groups in total. The van der Waals surface area contributed by atoms with Gasteiger partial charge in [0.25, 0.3) is 11.5 Å². The number of fused-ring (bicyclic) bond motifs is 1. The molecule has 0 atom stereocenters. The number of allylic oxidation sites excluding steroid dienone is 1. The van der Waals surface area contributed by atoms with Crippen molar-refractivity contribution in [2.75, 3.05) is 20.1 Å². The van der Waals surface area contributed by atoms with Gasteiger partial charge in [-0.05, 0) is 39.9 Å². The number of carbonyl (C=O) groups excluding carboxylic acids is 1. The van der Waals surface area contributed by atoms with E-state index in [1.54, 1.807) is 13.0 Å². The average molecular weight is 330 g/mol. The van der Waals surface area contributed by atoms with Crippen LogP contribution in [0.15, 0.2) is 28.2 Å². The van der Waals surface area contributed by atoms with Crippen LogP contribution in [-0.2, 0) is 6.54 Å². The SMILES string of the molecule is C=CCn1cnc2oc(C)c(C(=O)NC3CCN(C)CC3)c2c1=O. The maximum atomic E-state index is 12.7. The second-order valence-electron chi connectivity index (χ2n) is 6.26. The second kappa shape index (κ2) is 6.60. The molecule has 128 valence electrons. The van der Waals surface area contributed by atoms with Gasteiger partial charge in [0.2, 0.25) is 5.71 Å². The summed E-state index contributed by atoms with van der Waals surface area (Å²) >= 11 is 0. The highest BCUT2D eigenvalue weighted by molar-refractivity contribution is 6.06. The van der Waals surface area contributed by atoms with Crippen LogP contribution in [-0.4, -0.2) is 46.5 Å². The summed E-state index contributed by atoms with van der Waals surface area (Å²) in [7, 11) is 2.07. The minimum atomic E-state index is -0.287. The summed E-state index contributed by atoms with van der Waals surface area (Å²) in [5.74, 6) is 0.146. The Hall–Kier alpha value is -2.41. The first kappa shape index (κ1) is 16.4. The van der Waals surface area contributed by atoms with Gasteiger partial charge in [0, 0.05) is 12.6 Å². The van der Waals surface area contributed by atoms with Crippen molar-refractivity contribution < 1.29 is 9.21 Å². The topological polar surface area (TPSA) is 80.4 Å². The largest absolute Gasteiger partial charge is 0.442 e. The highest BCUT2D eigenvalue weighted by atomic mass is 16.3. The zero-order chi connectivity index (χ0) is 17.3. The molecule has 1 amide bonds. The molecule has 3 rings (SSSR count). The number of furan rings is 1. The molecular weight excluding hydrogens is 308 g/mol. The third-order valence-electron chi connectivity index (χ3n) is 4.46. The molecule has 0 aliphatic carbocycles. The Morgan fingerprint density at radius 2 is 2.21 bits per heavy atom. The van der Waals surface area contributed by atoms with E-state index in [2.05, 4.69) is 28.8 Å². The molecule has 0 radical (unpaired) electrons. The lowest BCUT2D eigenvalue weighted by molar-refractivity contribution is 0.0916. The normalized spacial score (nSPS) is 16.4. The van der Waals surface area contributed by atoms with Gasteiger partial charge in [-0.15, -0.1) is 6.58 Å². The van der Waals surface area contributed by atoms with Crippen LogP contribution in [0, 0.1) is 6.92 Å². The van der Waals surface area contributed by atoms with Crippen molar-refractivity contribution in [1.82, 2.24) is 19.8 Å². The predicted molar refractivity (Wildman–Crippen MR) is 91.2 cm³/mol. The quantitative estimate of drug-likeness (QED) is 0.855. The van der Waals surface area contributed by atoms with E-state index in [0.717, 1.165) is 25.9 Å². The van der Waals surface area contributed by atoms with E-state index in [-0.39, 0.29) is 28.6 Å². The number of aromatic nitrogens is 2. The predicted octanol–water partition coefficient (Wildman–Crippen LogP) is 1.31. The molecule has 7 heteroatoms. The molecule has 1 aliphatic heterocycles. The Morgan fingerprint density at radius 3 is 2.88 bits per heavy atom. The third-order valence-corrected chi connectivity index (χ3v) is 4.46. The number of hydrogen-bond acceptors (Lipinski definition) is 5. The van der Waals surface area contributed by atoms with Gasteiger partial charge in [0.05, 0.1) is 5.56 Å². The summed E-state index contributed by atoms with van der Waals surface area (Å²) in [5, 5.41) is 3.27. The smallest absolute Gasteiger partial charge is 0.265 e. The van der Waals surface area contributed by atoms with Gasteiger partial charge < -0.3 is 14.6 Å². The first-order valence-corrected chi connectivity index (χ1v) is 8.10. The molecule has 0 spiro atoms. The van der Waals surface area contributed by atoms with Gasteiger partial charge in [0.15, 0.2) is 0 Å². The van der Waals surface area contributed by atoms with Crippen molar-refractivity contribution in [3.05, 3.63) is 40.7 Å². The number of amides is 1. The van der Waals surface area contributed by atoms with Crippen LogP contribution in [0.4, 0.5) is 0 Å². The number of nitrogens with one attached hydrogen (secondary N) is 1. The summed E-state index contributed by atoms with van der Waals surface area (Å²) in [6.07, 6.45) is 4.82. The van der Waals surface area contributed by atoms with Crippen molar-refractivity contribution in [3.63, 3.8) is 0 Å². The molecule has 24 heavy (non-hydrogen) atoms. The Kier molecular flexibility index (Phi) is 4.53. The van der Waals surface area contributed by atoms with Crippen molar-refractivity contribution >= 4 is 17.0 Å². The fraction of sp³-hybridized carbons (Fsp3) is 0.471. The summed E-state index contributed by atoms with van der Waals surface area (Å²) in [6.45, 7) is 7.54. The molecule has 0 unspecified atom stereocenters. The Morgan fingerprint density at radius 1 is 1.50 bits per heavy atom.